The molecule has 0 atom stereocenters. The molecule has 7 heterocycles. The van der Waals surface area contributed by atoms with Crippen LogP contribution in [-0.4, -0.2) is 119 Å². The summed E-state index contributed by atoms with van der Waals surface area (Å²) in [7, 11) is 0. The van der Waals surface area contributed by atoms with Gasteiger partial charge in [0.05, 0.1) is 15.6 Å². The van der Waals surface area contributed by atoms with Crippen LogP contribution in [0.25, 0.3) is 22.2 Å². The van der Waals surface area contributed by atoms with E-state index in [1.165, 1.54) is 0 Å². The van der Waals surface area contributed by atoms with Crippen molar-refractivity contribution in [2.75, 3.05) is 80.6 Å². The molecule has 4 N–H and O–H groups in total. The minimum atomic E-state index is -0.402. The number of hydrogen-bond donors (Lipinski definition) is 4. The molecular weight excluding hydrogens is 845 g/mol. The summed E-state index contributed by atoms with van der Waals surface area (Å²) in [6, 6.07) is 16.9. The number of carbonyl (C=O) groups excluding carboxylic acids is 4. The summed E-state index contributed by atoms with van der Waals surface area (Å²) >= 11 is 12.6. The fourth-order valence-corrected chi connectivity index (χ4v) is 9.51. The van der Waals surface area contributed by atoms with Crippen LogP contribution in [0.4, 0.5) is 22.0 Å². The third-order valence-electron chi connectivity index (χ3n) is 12.6. The van der Waals surface area contributed by atoms with Crippen molar-refractivity contribution in [1.82, 2.24) is 40.6 Å². The minimum absolute atomic E-state index is 0.0479. The highest BCUT2D eigenvalue weighted by Crippen LogP contribution is 2.42. The molecule has 328 valence electrons. The van der Waals surface area contributed by atoms with Crippen molar-refractivity contribution in [2.45, 2.75) is 38.7 Å². The molecule has 16 nitrogen and oxygen atoms in total. The highest BCUT2D eigenvalue weighted by atomic mass is 35.5. The maximum Gasteiger partial charge on any atom is 0.328 e. The van der Waals surface area contributed by atoms with Gasteiger partial charge in [0.15, 0.2) is 0 Å². The number of hydrogen-bond acceptors (Lipinski definition) is 11. The largest absolute Gasteiger partial charge is 0.489 e. The fraction of sp³-hybridized carbons (Fsp3) is 0.400. The third kappa shape index (κ3) is 9.38. The fourth-order valence-electron chi connectivity index (χ4n) is 9.03. The molecular formula is C45H49Cl2N11O5. The van der Waals surface area contributed by atoms with Crippen molar-refractivity contribution in [3.05, 3.63) is 88.8 Å². The predicted molar refractivity (Wildman–Crippen MR) is 241 cm³/mol. The van der Waals surface area contributed by atoms with E-state index in [-0.39, 0.29) is 42.1 Å². The Morgan fingerprint density at radius 1 is 0.873 bits per heavy atom. The first kappa shape index (κ1) is 42.3. The predicted octanol–water partition coefficient (Wildman–Crippen LogP) is 5.72. The van der Waals surface area contributed by atoms with Gasteiger partial charge in [0, 0.05) is 136 Å². The summed E-state index contributed by atoms with van der Waals surface area (Å²) in [6.07, 6.45) is 8.01. The number of anilines is 3. The van der Waals surface area contributed by atoms with Gasteiger partial charge in [0.2, 0.25) is 17.7 Å². The van der Waals surface area contributed by atoms with E-state index in [0.717, 1.165) is 72.0 Å². The Morgan fingerprint density at radius 2 is 1.67 bits per heavy atom. The van der Waals surface area contributed by atoms with E-state index in [1.54, 1.807) is 17.3 Å². The van der Waals surface area contributed by atoms with Gasteiger partial charge in [0.25, 0.3) is 0 Å². The van der Waals surface area contributed by atoms with Crippen LogP contribution in [0.2, 0.25) is 10.0 Å². The molecule has 4 aliphatic heterocycles. The molecule has 4 saturated heterocycles. The summed E-state index contributed by atoms with van der Waals surface area (Å²) in [4.78, 5) is 66.8. The lowest BCUT2D eigenvalue weighted by Crippen LogP contribution is -2.58. The van der Waals surface area contributed by atoms with E-state index in [2.05, 4.69) is 40.9 Å². The molecule has 0 aliphatic carbocycles. The molecule has 18 heteroatoms. The zero-order chi connectivity index (χ0) is 43.5. The van der Waals surface area contributed by atoms with E-state index in [4.69, 9.17) is 32.9 Å². The maximum absolute atomic E-state index is 13.7. The molecule has 0 unspecified atom stereocenters. The molecule has 1 spiro atoms. The maximum atomic E-state index is 13.7. The van der Waals surface area contributed by atoms with Gasteiger partial charge in [-0.25, -0.2) is 9.78 Å². The number of imide groups is 1. The standard InChI is InChI=1S/C45H49Cl2N11O5/c46-36-23-49-24-37(47)35(36)25-63-33-6-7-38-34(21-33)42(54-53-38)30-1-8-39(51-22-30)57-27-45(28-57)13-20-56(26-45)43(61)29-10-17-55(18-11-29)41(60)9-14-48-15-16-50-31-2-4-32(5-3-31)58-19-12-40(59)52-44(58)62/h1-8,21-24,29,48,50H,9-20,25-28H2,(H,53,54)(H,52,59,62). The van der Waals surface area contributed by atoms with Crippen molar-refractivity contribution in [2.24, 2.45) is 11.3 Å². The van der Waals surface area contributed by atoms with E-state index < -0.39 is 6.03 Å². The number of amides is 5. The van der Waals surface area contributed by atoms with Crippen LogP contribution in [0.5, 0.6) is 5.75 Å². The lowest BCUT2D eigenvalue weighted by atomic mass is 9.79. The number of fused-ring (bicyclic) bond motifs is 1. The van der Waals surface area contributed by atoms with Gasteiger partial charge >= 0.3 is 6.03 Å². The second-order valence-corrected chi connectivity index (χ2v) is 17.6. The molecule has 9 rings (SSSR count). The second kappa shape index (κ2) is 18.4. The number of rotatable bonds is 14. The Kier molecular flexibility index (Phi) is 12.4. The van der Waals surface area contributed by atoms with Gasteiger partial charge in [-0.3, -0.25) is 34.7 Å². The highest BCUT2D eigenvalue weighted by Gasteiger charge is 2.50. The third-order valence-corrected chi connectivity index (χ3v) is 13.2. The number of nitrogens with one attached hydrogen (secondary N) is 4. The normalized spacial score (nSPS) is 17.6. The van der Waals surface area contributed by atoms with Crippen molar-refractivity contribution in [3.63, 3.8) is 0 Å². The van der Waals surface area contributed by atoms with Crippen LogP contribution in [0.15, 0.2) is 73.2 Å². The Labute approximate surface area is 374 Å². The molecule has 2 aromatic carbocycles. The monoisotopic (exact) mass is 893 g/mol. The topological polar surface area (TPSA) is 181 Å². The van der Waals surface area contributed by atoms with Crippen molar-refractivity contribution in [3.8, 4) is 17.0 Å². The second-order valence-electron chi connectivity index (χ2n) is 16.8. The van der Waals surface area contributed by atoms with Crippen LogP contribution in [0.3, 0.4) is 0 Å². The van der Waals surface area contributed by atoms with Gasteiger partial charge in [-0.15, -0.1) is 0 Å². The molecule has 4 aliphatic rings. The first-order valence-electron chi connectivity index (χ1n) is 21.4. The SMILES string of the molecule is O=C1CCN(c2ccc(NCCNCCC(=O)N3CCC(C(=O)N4CCC5(C4)CN(c4ccc(-c6n[nH]c7ccc(OCc8c(Cl)cncc8Cl)cc67)cn4)C5)CC3)cc2)C(=O)N1. The Morgan fingerprint density at radius 3 is 2.41 bits per heavy atom. The number of halogens is 2. The smallest absolute Gasteiger partial charge is 0.328 e. The number of carbonyl (C=O) groups is 4. The Bertz CT molecular complexity index is 2470. The summed E-state index contributed by atoms with van der Waals surface area (Å²) < 4.78 is 6.04. The highest BCUT2D eigenvalue weighted by molar-refractivity contribution is 6.35. The van der Waals surface area contributed by atoms with Crippen molar-refractivity contribution in [1.29, 1.82) is 0 Å². The lowest BCUT2D eigenvalue weighted by molar-refractivity contribution is -0.140. The van der Waals surface area contributed by atoms with E-state index in [0.29, 0.717) is 79.9 Å². The molecule has 63 heavy (non-hydrogen) atoms. The van der Waals surface area contributed by atoms with Crippen LogP contribution in [-0.2, 0) is 21.0 Å². The van der Waals surface area contributed by atoms with Crippen LogP contribution < -0.4 is 30.5 Å². The molecule has 0 radical (unpaired) electrons. The number of aromatic nitrogens is 4. The van der Waals surface area contributed by atoms with Gasteiger partial charge in [0.1, 0.15) is 23.9 Å². The Hall–Kier alpha value is -5.97. The molecule has 0 saturated carbocycles. The number of pyridine rings is 2. The number of benzene rings is 2. The van der Waals surface area contributed by atoms with E-state index in [1.807, 2.05) is 65.7 Å². The minimum Gasteiger partial charge on any atom is -0.489 e. The van der Waals surface area contributed by atoms with E-state index >= 15 is 0 Å². The molecule has 5 amide bonds. The van der Waals surface area contributed by atoms with Gasteiger partial charge < -0.3 is 30.1 Å². The number of H-pyrrole nitrogens is 1. The molecule has 4 fully saturated rings. The zero-order valence-electron chi connectivity index (χ0n) is 34.7. The average Bonchev–Trinajstić information content (AvgIpc) is 3.93. The van der Waals surface area contributed by atoms with Gasteiger partial charge in [-0.2, -0.15) is 5.10 Å². The van der Waals surface area contributed by atoms with Crippen molar-refractivity contribution < 1.29 is 23.9 Å². The number of likely N-dealkylation sites (tertiary alicyclic amines) is 2. The molecule has 3 aromatic heterocycles. The van der Waals surface area contributed by atoms with E-state index in [9.17, 15) is 19.2 Å². The van der Waals surface area contributed by atoms with Gasteiger partial charge in [-0.05, 0) is 73.9 Å². The summed E-state index contributed by atoms with van der Waals surface area (Å²) in [5, 5.41) is 18.5. The van der Waals surface area contributed by atoms with Gasteiger partial charge in [-0.1, -0.05) is 23.2 Å². The summed E-state index contributed by atoms with van der Waals surface area (Å²) in [5.41, 5.74) is 4.95. The molecule has 5 aromatic rings. The number of nitrogens with zero attached hydrogens (tertiary/aromatic N) is 7. The summed E-state index contributed by atoms with van der Waals surface area (Å²) in [6.45, 7) is 6.96. The average molecular weight is 895 g/mol. The van der Waals surface area contributed by atoms with Crippen LogP contribution >= 0.6 is 23.2 Å². The number of piperidine rings is 1. The van der Waals surface area contributed by atoms with Crippen molar-refractivity contribution >= 4 is 75.1 Å². The number of aromatic amines is 1. The Balaban J connectivity index is 0.674. The summed E-state index contributed by atoms with van der Waals surface area (Å²) in [5.74, 6) is 1.60. The first-order valence-corrected chi connectivity index (χ1v) is 22.2. The lowest BCUT2D eigenvalue weighted by Gasteiger charge is -2.48. The molecule has 0 bridgehead atoms. The van der Waals surface area contributed by atoms with Crippen LogP contribution in [0.1, 0.15) is 37.7 Å². The quantitative estimate of drug-likeness (QED) is 0.100. The number of ether oxygens (including phenoxy) is 1. The zero-order valence-corrected chi connectivity index (χ0v) is 36.3. The first-order chi connectivity index (χ1) is 30.6. The number of urea groups is 1. The van der Waals surface area contributed by atoms with Crippen LogP contribution in [0, 0.1) is 11.3 Å².